The number of piperazine rings is 1. The fourth-order valence-corrected chi connectivity index (χ4v) is 3.26. The molecule has 1 amide bonds. The minimum atomic E-state index is -0.826. The zero-order valence-corrected chi connectivity index (χ0v) is 14.7. The maximum Gasteiger partial charge on any atom is 0.256 e. The van der Waals surface area contributed by atoms with E-state index in [4.69, 9.17) is 0 Å². The zero-order chi connectivity index (χ0) is 17.3. The van der Waals surface area contributed by atoms with Gasteiger partial charge >= 0.3 is 0 Å². The van der Waals surface area contributed by atoms with E-state index in [1.807, 2.05) is 13.0 Å². The van der Waals surface area contributed by atoms with Gasteiger partial charge in [-0.05, 0) is 46.6 Å². The fraction of sp³-hybridized carbons (Fsp3) is 0.294. The van der Waals surface area contributed by atoms with E-state index in [0.29, 0.717) is 26.2 Å². The van der Waals surface area contributed by atoms with Crippen LogP contribution in [0.2, 0.25) is 0 Å². The van der Waals surface area contributed by atoms with Gasteiger partial charge in [-0.3, -0.25) is 4.79 Å². The molecule has 0 unspecified atom stereocenters. The third-order valence-electron chi connectivity index (χ3n) is 4.05. The molecule has 1 aromatic carbocycles. The Hall–Kier alpha value is -2.02. The lowest BCUT2D eigenvalue weighted by molar-refractivity contribution is 0.0741. The molecule has 0 atom stereocenters. The molecule has 1 fully saturated rings. The van der Waals surface area contributed by atoms with Gasteiger partial charge in [-0.1, -0.05) is 0 Å². The van der Waals surface area contributed by atoms with Crippen LogP contribution in [0.4, 0.5) is 14.6 Å². The maximum absolute atomic E-state index is 13.8. The van der Waals surface area contributed by atoms with Crippen LogP contribution >= 0.6 is 15.9 Å². The number of anilines is 1. The predicted molar refractivity (Wildman–Crippen MR) is 91.1 cm³/mol. The van der Waals surface area contributed by atoms with Crippen molar-refractivity contribution in [2.75, 3.05) is 31.1 Å². The van der Waals surface area contributed by atoms with E-state index in [1.165, 1.54) is 6.07 Å². The Morgan fingerprint density at radius 1 is 1.17 bits per heavy atom. The second-order valence-electron chi connectivity index (χ2n) is 5.70. The molecule has 0 spiro atoms. The average molecular weight is 396 g/mol. The van der Waals surface area contributed by atoms with Gasteiger partial charge in [0, 0.05) is 42.9 Å². The Bertz CT molecular complexity index is 776. The largest absolute Gasteiger partial charge is 0.353 e. The minimum Gasteiger partial charge on any atom is -0.353 e. The number of aromatic nitrogens is 1. The summed E-state index contributed by atoms with van der Waals surface area (Å²) in [7, 11) is 0. The lowest BCUT2D eigenvalue weighted by Gasteiger charge is -2.36. The van der Waals surface area contributed by atoms with Crippen LogP contribution in [0.15, 0.2) is 34.9 Å². The summed E-state index contributed by atoms with van der Waals surface area (Å²) in [6.07, 6.45) is 1.74. The smallest absolute Gasteiger partial charge is 0.256 e. The Labute approximate surface area is 147 Å². The molecule has 2 heterocycles. The monoisotopic (exact) mass is 395 g/mol. The summed E-state index contributed by atoms with van der Waals surface area (Å²) < 4.78 is 27.7. The minimum absolute atomic E-state index is 0.0946. The van der Waals surface area contributed by atoms with Gasteiger partial charge in [-0.15, -0.1) is 0 Å². The maximum atomic E-state index is 13.8. The molecule has 126 valence electrons. The van der Waals surface area contributed by atoms with Crippen LogP contribution in [0.3, 0.4) is 0 Å². The average Bonchev–Trinajstić information content (AvgIpc) is 2.54. The number of benzene rings is 1. The number of carbonyl (C=O) groups excluding carboxylic acids is 1. The van der Waals surface area contributed by atoms with Gasteiger partial charge in [-0.25, -0.2) is 13.8 Å². The first kappa shape index (κ1) is 16.8. The van der Waals surface area contributed by atoms with Crippen LogP contribution < -0.4 is 4.90 Å². The van der Waals surface area contributed by atoms with Crippen molar-refractivity contribution >= 4 is 27.7 Å². The summed E-state index contributed by atoms with van der Waals surface area (Å²) in [5.74, 6) is -1.04. The van der Waals surface area contributed by atoms with Crippen LogP contribution in [0, 0.1) is 18.6 Å². The summed E-state index contributed by atoms with van der Waals surface area (Å²) in [6, 6.07) is 5.02. The second-order valence-corrected chi connectivity index (χ2v) is 6.61. The molecule has 0 saturated carbocycles. The van der Waals surface area contributed by atoms with E-state index in [2.05, 4.69) is 25.8 Å². The van der Waals surface area contributed by atoms with Gasteiger partial charge < -0.3 is 9.80 Å². The molecule has 1 saturated heterocycles. The molecule has 4 nitrogen and oxygen atoms in total. The topological polar surface area (TPSA) is 36.4 Å². The number of pyridine rings is 1. The third kappa shape index (κ3) is 3.40. The second kappa shape index (κ2) is 6.84. The lowest BCUT2D eigenvalue weighted by atomic mass is 10.1. The van der Waals surface area contributed by atoms with E-state index < -0.39 is 17.5 Å². The van der Waals surface area contributed by atoms with Crippen molar-refractivity contribution in [2.45, 2.75) is 6.92 Å². The summed E-state index contributed by atoms with van der Waals surface area (Å²) in [6.45, 7) is 4.15. The quantitative estimate of drug-likeness (QED) is 0.781. The van der Waals surface area contributed by atoms with E-state index in [-0.39, 0.29) is 5.56 Å². The van der Waals surface area contributed by atoms with Crippen molar-refractivity contribution in [1.82, 2.24) is 9.88 Å². The Balaban J connectivity index is 1.69. The van der Waals surface area contributed by atoms with Crippen molar-refractivity contribution in [3.8, 4) is 0 Å². The van der Waals surface area contributed by atoms with Gasteiger partial charge in [0.2, 0.25) is 0 Å². The molecule has 2 aromatic rings. The summed E-state index contributed by atoms with van der Waals surface area (Å²) in [5, 5.41) is 0. The number of aryl methyl sites for hydroxylation is 1. The van der Waals surface area contributed by atoms with Crippen LogP contribution in [0.25, 0.3) is 0 Å². The SMILES string of the molecule is Cc1cc(Br)cnc1N1CCN(C(=O)c2ccc(F)cc2F)CC1. The molecule has 0 bridgehead atoms. The van der Waals surface area contributed by atoms with Gasteiger partial charge in [0.15, 0.2) is 0 Å². The summed E-state index contributed by atoms with van der Waals surface area (Å²) >= 11 is 3.39. The highest BCUT2D eigenvalue weighted by atomic mass is 79.9. The van der Waals surface area contributed by atoms with Crippen molar-refractivity contribution < 1.29 is 13.6 Å². The van der Waals surface area contributed by atoms with Crippen molar-refractivity contribution in [1.29, 1.82) is 0 Å². The highest BCUT2D eigenvalue weighted by Crippen LogP contribution is 2.22. The highest BCUT2D eigenvalue weighted by molar-refractivity contribution is 9.10. The Morgan fingerprint density at radius 2 is 1.88 bits per heavy atom. The van der Waals surface area contributed by atoms with Crippen molar-refractivity contribution in [2.24, 2.45) is 0 Å². The molecule has 1 aliphatic heterocycles. The third-order valence-corrected chi connectivity index (χ3v) is 4.48. The number of nitrogens with zero attached hydrogens (tertiary/aromatic N) is 3. The first-order valence-corrected chi connectivity index (χ1v) is 8.36. The number of hydrogen-bond donors (Lipinski definition) is 0. The Kier molecular flexibility index (Phi) is 4.80. The fourth-order valence-electron chi connectivity index (χ4n) is 2.82. The lowest BCUT2D eigenvalue weighted by Crippen LogP contribution is -2.49. The number of rotatable bonds is 2. The summed E-state index contributed by atoms with van der Waals surface area (Å²) in [5.41, 5.74) is 0.955. The molecule has 3 rings (SSSR count). The van der Waals surface area contributed by atoms with Crippen LogP contribution in [0.1, 0.15) is 15.9 Å². The van der Waals surface area contributed by atoms with E-state index >= 15 is 0 Å². The molecule has 1 aliphatic rings. The normalized spacial score (nSPS) is 14.8. The predicted octanol–water partition coefficient (Wildman–Crippen LogP) is 3.39. The van der Waals surface area contributed by atoms with Crippen LogP contribution in [0.5, 0.6) is 0 Å². The first-order valence-electron chi connectivity index (χ1n) is 7.57. The molecular formula is C17H16BrF2N3O. The van der Waals surface area contributed by atoms with E-state index in [0.717, 1.165) is 28.0 Å². The molecule has 0 N–H and O–H groups in total. The number of halogens is 3. The molecule has 1 aromatic heterocycles. The van der Waals surface area contributed by atoms with Crippen molar-refractivity contribution in [3.05, 3.63) is 57.7 Å². The number of hydrogen-bond acceptors (Lipinski definition) is 3. The molecule has 24 heavy (non-hydrogen) atoms. The van der Waals surface area contributed by atoms with Gasteiger partial charge in [-0.2, -0.15) is 0 Å². The van der Waals surface area contributed by atoms with Gasteiger partial charge in [0.1, 0.15) is 17.5 Å². The van der Waals surface area contributed by atoms with Gasteiger partial charge in [0.05, 0.1) is 5.56 Å². The highest BCUT2D eigenvalue weighted by Gasteiger charge is 2.25. The molecule has 0 radical (unpaired) electrons. The molecule has 0 aliphatic carbocycles. The summed E-state index contributed by atoms with van der Waals surface area (Å²) in [4.78, 5) is 20.5. The van der Waals surface area contributed by atoms with Crippen LogP contribution in [-0.4, -0.2) is 42.0 Å². The number of carbonyl (C=O) groups is 1. The first-order chi connectivity index (χ1) is 11.5. The Morgan fingerprint density at radius 3 is 2.50 bits per heavy atom. The van der Waals surface area contributed by atoms with Gasteiger partial charge in [0.25, 0.3) is 5.91 Å². The molecular weight excluding hydrogens is 380 g/mol. The standard InChI is InChI=1S/C17H16BrF2N3O/c1-11-8-12(18)10-21-16(11)22-4-6-23(7-5-22)17(24)14-3-2-13(19)9-15(14)20/h2-3,8-10H,4-7H2,1H3. The van der Waals surface area contributed by atoms with Crippen molar-refractivity contribution in [3.63, 3.8) is 0 Å². The van der Waals surface area contributed by atoms with E-state index in [9.17, 15) is 13.6 Å². The van der Waals surface area contributed by atoms with E-state index in [1.54, 1.807) is 11.1 Å². The molecule has 7 heteroatoms. The zero-order valence-electron chi connectivity index (χ0n) is 13.1. The van der Waals surface area contributed by atoms with Crippen LogP contribution in [-0.2, 0) is 0 Å². The number of amides is 1.